The Labute approximate surface area is 161 Å². The molecule has 0 bridgehead atoms. The molecule has 8 nitrogen and oxygen atoms in total. The Kier molecular flexibility index (Phi) is 4.80. The minimum absolute atomic E-state index is 0.215. The number of hydrogen-bond acceptors (Lipinski definition) is 5. The van der Waals surface area contributed by atoms with Crippen molar-refractivity contribution >= 4 is 28.8 Å². The fourth-order valence-electron chi connectivity index (χ4n) is 2.63. The molecule has 0 aliphatic rings. The Morgan fingerprint density at radius 3 is 2.61 bits per heavy atom. The van der Waals surface area contributed by atoms with Crippen LogP contribution in [0, 0.1) is 0 Å². The summed E-state index contributed by atoms with van der Waals surface area (Å²) in [4.78, 5) is 40.5. The van der Waals surface area contributed by atoms with E-state index in [-0.39, 0.29) is 11.0 Å². The highest BCUT2D eigenvalue weighted by Gasteiger charge is 2.21. The van der Waals surface area contributed by atoms with E-state index in [0.717, 1.165) is 4.57 Å². The third-order valence-electron chi connectivity index (χ3n) is 4.18. The van der Waals surface area contributed by atoms with Crippen LogP contribution in [0.15, 0.2) is 44.5 Å². The monoisotopic (exact) mass is 382 g/mol. The van der Waals surface area contributed by atoms with Gasteiger partial charge in [-0.15, -0.1) is 0 Å². The van der Waals surface area contributed by atoms with E-state index in [2.05, 4.69) is 10.3 Å². The van der Waals surface area contributed by atoms with Crippen LogP contribution < -0.4 is 16.6 Å². The first-order valence-corrected chi connectivity index (χ1v) is 8.73. The molecule has 1 aromatic carbocycles. The number of carbonyl (C=O) groups is 1. The summed E-state index contributed by atoms with van der Waals surface area (Å²) in [5.74, 6) is 0.214. The lowest BCUT2D eigenvalue weighted by Gasteiger charge is -2.11. The lowest BCUT2D eigenvalue weighted by Crippen LogP contribution is -2.37. The Hall–Kier alpha value is -3.42. The van der Waals surface area contributed by atoms with Crippen LogP contribution in [0.3, 0.4) is 0 Å². The summed E-state index contributed by atoms with van der Waals surface area (Å²) < 4.78 is 8.01. The van der Waals surface area contributed by atoms with E-state index in [1.54, 1.807) is 18.2 Å². The first-order chi connectivity index (χ1) is 13.1. The molecule has 2 heterocycles. The Bertz CT molecular complexity index is 1210. The molecule has 0 aliphatic carbocycles. The summed E-state index contributed by atoms with van der Waals surface area (Å²) in [6.45, 7) is 6.03. The van der Waals surface area contributed by atoms with Gasteiger partial charge >= 0.3 is 5.69 Å². The lowest BCUT2D eigenvalue weighted by molar-refractivity contribution is -0.111. The van der Waals surface area contributed by atoms with Gasteiger partial charge in [0.25, 0.3) is 5.56 Å². The van der Waals surface area contributed by atoms with Crippen LogP contribution in [0.4, 0.5) is 5.69 Å². The number of fused-ring (bicyclic) bond motifs is 1. The summed E-state index contributed by atoms with van der Waals surface area (Å²) in [6, 6.07) is 5.20. The molecule has 28 heavy (non-hydrogen) atoms. The minimum atomic E-state index is -0.467. The summed E-state index contributed by atoms with van der Waals surface area (Å²) in [5.41, 5.74) is 0.984. The standard InChI is InChI=1S/C20H22N4O4/c1-20(2,3)18-22-14-10-13(7-8-15(14)28-18)21-16(25)9-6-12-11-23(4)19(27)24(5)17(12)26/h6-11H,1-5H3,(H,21,25). The zero-order valence-corrected chi connectivity index (χ0v) is 16.4. The average molecular weight is 382 g/mol. The van der Waals surface area contributed by atoms with Crippen molar-refractivity contribution in [1.82, 2.24) is 14.1 Å². The maximum atomic E-state index is 12.2. The molecule has 0 fully saturated rings. The Morgan fingerprint density at radius 2 is 1.93 bits per heavy atom. The third-order valence-corrected chi connectivity index (χ3v) is 4.18. The van der Waals surface area contributed by atoms with Gasteiger partial charge in [0.2, 0.25) is 11.8 Å². The van der Waals surface area contributed by atoms with E-state index in [4.69, 9.17) is 4.42 Å². The third kappa shape index (κ3) is 3.80. The molecule has 3 aromatic rings. The maximum Gasteiger partial charge on any atom is 0.330 e. The second kappa shape index (κ2) is 6.95. The Morgan fingerprint density at radius 1 is 1.21 bits per heavy atom. The molecule has 2 aromatic heterocycles. The second-order valence-corrected chi connectivity index (χ2v) is 7.62. The van der Waals surface area contributed by atoms with Crippen LogP contribution in [-0.4, -0.2) is 20.0 Å². The van der Waals surface area contributed by atoms with Gasteiger partial charge in [-0.3, -0.25) is 14.2 Å². The number of nitrogens with one attached hydrogen (secondary N) is 1. The topological polar surface area (TPSA) is 99.1 Å². The molecular weight excluding hydrogens is 360 g/mol. The molecule has 3 rings (SSSR count). The van der Waals surface area contributed by atoms with Gasteiger partial charge < -0.3 is 14.3 Å². The number of aromatic nitrogens is 3. The van der Waals surface area contributed by atoms with Crippen LogP contribution in [0.5, 0.6) is 0 Å². The number of aryl methyl sites for hydroxylation is 1. The molecule has 1 N–H and O–H groups in total. The van der Waals surface area contributed by atoms with E-state index in [1.165, 1.54) is 37.0 Å². The van der Waals surface area contributed by atoms with Crippen LogP contribution >= 0.6 is 0 Å². The average Bonchev–Trinajstić information content (AvgIpc) is 3.05. The van der Waals surface area contributed by atoms with E-state index >= 15 is 0 Å². The van der Waals surface area contributed by atoms with Crippen molar-refractivity contribution in [1.29, 1.82) is 0 Å². The highest BCUT2D eigenvalue weighted by atomic mass is 16.3. The number of benzene rings is 1. The van der Waals surface area contributed by atoms with Gasteiger partial charge in [-0.2, -0.15) is 0 Å². The van der Waals surface area contributed by atoms with Gasteiger partial charge in [0.1, 0.15) is 5.52 Å². The van der Waals surface area contributed by atoms with E-state index in [0.29, 0.717) is 22.7 Å². The Balaban J connectivity index is 1.81. The van der Waals surface area contributed by atoms with Gasteiger partial charge in [-0.1, -0.05) is 20.8 Å². The number of hydrogen-bond donors (Lipinski definition) is 1. The molecule has 0 aliphatic heterocycles. The number of rotatable bonds is 3. The quantitative estimate of drug-likeness (QED) is 0.700. The second-order valence-electron chi connectivity index (χ2n) is 7.62. The SMILES string of the molecule is Cn1cc(C=CC(=O)Nc2ccc3oc(C(C)(C)C)nc3c2)c(=O)n(C)c1=O. The summed E-state index contributed by atoms with van der Waals surface area (Å²) in [5, 5.41) is 2.73. The predicted octanol–water partition coefficient (Wildman–Crippen LogP) is 2.17. The highest BCUT2D eigenvalue weighted by molar-refractivity contribution is 6.02. The van der Waals surface area contributed by atoms with Crippen molar-refractivity contribution < 1.29 is 9.21 Å². The van der Waals surface area contributed by atoms with E-state index < -0.39 is 17.2 Å². The van der Waals surface area contributed by atoms with Crippen molar-refractivity contribution in [3.8, 4) is 0 Å². The van der Waals surface area contributed by atoms with Crippen LogP contribution in [-0.2, 0) is 24.3 Å². The number of nitrogens with zero attached hydrogens (tertiary/aromatic N) is 3. The smallest absolute Gasteiger partial charge is 0.330 e. The fourth-order valence-corrected chi connectivity index (χ4v) is 2.63. The van der Waals surface area contributed by atoms with E-state index in [1.807, 2.05) is 20.8 Å². The van der Waals surface area contributed by atoms with Crippen molar-refractivity contribution in [3.63, 3.8) is 0 Å². The van der Waals surface area contributed by atoms with Gasteiger partial charge in [-0.25, -0.2) is 9.78 Å². The number of amides is 1. The highest BCUT2D eigenvalue weighted by Crippen LogP contribution is 2.27. The first-order valence-electron chi connectivity index (χ1n) is 8.73. The normalized spacial score (nSPS) is 12.0. The lowest BCUT2D eigenvalue weighted by atomic mass is 9.97. The van der Waals surface area contributed by atoms with Crippen molar-refractivity contribution in [2.75, 3.05) is 5.32 Å². The predicted molar refractivity (Wildman–Crippen MR) is 107 cm³/mol. The molecule has 146 valence electrons. The number of anilines is 1. The molecule has 0 atom stereocenters. The molecule has 0 radical (unpaired) electrons. The van der Waals surface area contributed by atoms with Gasteiger partial charge in [0.15, 0.2) is 5.58 Å². The minimum Gasteiger partial charge on any atom is -0.440 e. The van der Waals surface area contributed by atoms with Gasteiger partial charge in [0, 0.05) is 37.5 Å². The first kappa shape index (κ1) is 19.3. The van der Waals surface area contributed by atoms with Crippen molar-refractivity contribution in [2.24, 2.45) is 14.1 Å². The molecule has 0 spiro atoms. The van der Waals surface area contributed by atoms with Crippen LogP contribution in [0.2, 0.25) is 0 Å². The number of carbonyl (C=O) groups excluding carboxylic acids is 1. The zero-order valence-electron chi connectivity index (χ0n) is 16.4. The number of oxazole rings is 1. The van der Waals surface area contributed by atoms with E-state index in [9.17, 15) is 14.4 Å². The molecule has 0 saturated heterocycles. The summed E-state index contributed by atoms with van der Waals surface area (Å²) in [7, 11) is 2.93. The molecule has 0 saturated carbocycles. The molecule has 0 unspecified atom stereocenters. The van der Waals surface area contributed by atoms with Gasteiger partial charge in [-0.05, 0) is 24.3 Å². The van der Waals surface area contributed by atoms with Crippen LogP contribution in [0.1, 0.15) is 32.2 Å². The molecular formula is C20H22N4O4. The maximum absolute atomic E-state index is 12.2. The largest absolute Gasteiger partial charge is 0.440 e. The van der Waals surface area contributed by atoms with Gasteiger partial charge in [0.05, 0.1) is 5.56 Å². The zero-order chi connectivity index (χ0) is 20.6. The molecule has 1 amide bonds. The van der Waals surface area contributed by atoms with Crippen molar-refractivity contribution in [2.45, 2.75) is 26.2 Å². The molecule has 8 heteroatoms. The van der Waals surface area contributed by atoms with Crippen LogP contribution in [0.25, 0.3) is 17.2 Å². The van der Waals surface area contributed by atoms with Crippen molar-refractivity contribution in [3.05, 3.63) is 62.8 Å². The fraction of sp³-hybridized carbons (Fsp3) is 0.300. The summed E-state index contributed by atoms with van der Waals surface area (Å²) in [6.07, 6.45) is 4.02. The summed E-state index contributed by atoms with van der Waals surface area (Å²) >= 11 is 0.